The highest BCUT2D eigenvalue weighted by molar-refractivity contribution is 5.76. The van der Waals surface area contributed by atoms with Crippen molar-refractivity contribution < 1.29 is 18.0 Å². The van der Waals surface area contributed by atoms with Gasteiger partial charge in [0.25, 0.3) is 0 Å². The molecule has 1 heterocycles. The summed E-state index contributed by atoms with van der Waals surface area (Å²) in [7, 11) is 0. The number of rotatable bonds is 4. The second-order valence-electron chi connectivity index (χ2n) is 5.61. The zero-order chi connectivity index (χ0) is 16.2. The molecule has 0 unspecified atom stereocenters. The van der Waals surface area contributed by atoms with Crippen molar-refractivity contribution in [2.75, 3.05) is 13.1 Å². The molecule has 0 aromatic heterocycles. The van der Waals surface area contributed by atoms with E-state index < -0.39 is 11.7 Å². The van der Waals surface area contributed by atoms with Crippen molar-refractivity contribution in [1.82, 2.24) is 4.90 Å². The van der Waals surface area contributed by atoms with E-state index in [0.717, 1.165) is 37.0 Å². The van der Waals surface area contributed by atoms with E-state index in [9.17, 15) is 18.0 Å². The predicted octanol–water partition coefficient (Wildman–Crippen LogP) is 3.50. The summed E-state index contributed by atoms with van der Waals surface area (Å²) in [6.07, 6.45) is -0.595. The molecule has 0 aliphatic carbocycles. The molecule has 2 rings (SSSR count). The van der Waals surface area contributed by atoms with Crippen LogP contribution in [0.15, 0.2) is 24.3 Å². The number of carbonyl (C=O) groups excluding carboxylic acids is 1. The molecule has 1 aliphatic heterocycles. The van der Waals surface area contributed by atoms with Crippen LogP contribution >= 0.6 is 0 Å². The van der Waals surface area contributed by atoms with Crippen LogP contribution < -0.4 is 5.73 Å². The van der Waals surface area contributed by atoms with Crippen LogP contribution in [-0.2, 0) is 11.0 Å². The summed E-state index contributed by atoms with van der Waals surface area (Å²) in [5.41, 5.74) is 5.55. The standard InChI is InChI=1S/C16H21F3N2O/c17-16(18,19)13-8-6-12(7-9-13)14-4-1-2-11-21(14)15(22)5-3-10-20/h6-9,14H,1-5,10-11,20H2/t14-/m0/s1. The number of amides is 1. The summed E-state index contributed by atoms with van der Waals surface area (Å²) in [6.45, 7) is 1.12. The first-order valence-electron chi connectivity index (χ1n) is 7.60. The third-order valence-corrected chi connectivity index (χ3v) is 4.04. The van der Waals surface area contributed by atoms with Gasteiger partial charge in [0, 0.05) is 13.0 Å². The molecule has 22 heavy (non-hydrogen) atoms. The van der Waals surface area contributed by atoms with Gasteiger partial charge in [0.05, 0.1) is 11.6 Å². The summed E-state index contributed by atoms with van der Waals surface area (Å²) in [6, 6.07) is 5.03. The van der Waals surface area contributed by atoms with Gasteiger partial charge in [-0.2, -0.15) is 13.2 Å². The molecule has 1 fully saturated rings. The predicted molar refractivity (Wildman–Crippen MR) is 78.0 cm³/mol. The monoisotopic (exact) mass is 314 g/mol. The molecular weight excluding hydrogens is 293 g/mol. The number of piperidine rings is 1. The van der Waals surface area contributed by atoms with E-state index in [4.69, 9.17) is 5.73 Å². The molecule has 1 amide bonds. The SMILES string of the molecule is NCCCC(=O)N1CCCC[C@H]1c1ccc(C(F)(F)F)cc1. The Bertz CT molecular complexity index is 499. The molecule has 1 atom stereocenters. The molecule has 6 heteroatoms. The zero-order valence-corrected chi connectivity index (χ0v) is 12.4. The summed E-state index contributed by atoms with van der Waals surface area (Å²) >= 11 is 0. The number of nitrogens with zero attached hydrogens (tertiary/aromatic N) is 1. The Morgan fingerprint density at radius 2 is 1.91 bits per heavy atom. The summed E-state index contributed by atoms with van der Waals surface area (Å²) in [4.78, 5) is 14.1. The Morgan fingerprint density at radius 1 is 1.23 bits per heavy atom. The minimum absolute atomic E-state index is 0.0371. The van der Waals surface area contributed by atoms with Gasteiger partial charge in [0.15, 0.2) is 0 Å². The quantitative estimate of drug-likeness (QED) is 0.924. The second-order valence-corrected chi connectivity index (χ2v) is 5.61. The maximum atomic E-state index is 12.6. The lowest BCUT2D eigenvalue weighted by Gasteiger charge is -2.36. The highest BCUT2D eigenvalue weighted by Crippen LogP contribution is 2.34. The fourth-order valence-corrected chi connectivity index (χ4v) is 2.87. The average molecular weight is 314 g/mol. The molecule has 1 aromatic rings. The van der Waals surface area contributed by atoms with Gasteiger partial charge < -0.3 is 10.6 Å². The topological polar surface area (TPSA) is 46.3 Å². The minimum atomic E-state index is -4.33. The lowest BCUT2D eigenvalue weighted by atomic mass is 9.94. The molecular formula is C16H21F3N2O. The van der Waals surface area contributed by atoms with Gasteiger partial charge >= 0.3 is 6.18 Å². The fraction of sp³-hybridized carbons (Fsp3) is 0.562. The van der Waals surface area contributed by atoms with Crippen LogP contribution in [0, 0.1) is 0 Å². The maximum absolute atomic E-state index is 12.6. The Labute approximate surface area is 128 Å². The number of hydrogen-bond acceptors (Lipinski definition) is 2. The van der Waals surface area contributed by atoms with E-state index in [1.54, 1.807) is 4.90 Å². The van der Waals surface area contributed by atoms with Crippen LogP contribution in [0.25, 0.3) is 0 Å². The molecule has 122 valence electrons. The number of benzene rings is 1. The van der Waals surface area contributed by atoms with Crippen molar-refractivity contribution >= 4 is 5.91 Å². The fourth-order valence-electron chi connectivity index (χ4n) is 2.87. The average Bonchev–Trinajstić information content (AvgIpc) is 2.52. The number of alkyl halides is 3. The molecule has 0 radical (unpaired) electrons. The molecule has 1 aliphatic rings. The van der Waals surface area contributed by atoms with Gasteiger partial charge in [-0.3, -0.25) is 4.79 Å². The van der Waals surface area contributed by atoms with Crippen molar-refractivity contribution in [2.24, 2.45) is 5.73 Å². The highest BCUT2D eigenvalue weighted by atomic mass is 19.4. The van der Waals surface area contributed by atoms with E-state index in [1.165, 1.54) is 12.1 Å². The van der Waals surface area contributed by atoms with E-state index in [1.807, 2.05) is 0 Å². The third-order valence-electron chi connectivity index (χ3n) is 4.04. The van der Waals surface area contributed by atoms with E-state index in [-0.39, 0.29) is 11.9 Å². The third kappa shape index (κ3) is 4.00. The first-order chi connectivity index (χ1) is 10.4. The van der Waals surface area contributed by atoms with Gasteiger partial charge in [-0.05, 0) is 49.9 Å². The summed E-state index contributed by atoms with van der Waals surface area (Å²) in [5.74, 6) is 0.0371. The second kappa shape index (κ2) is 7.13. The minimum Gasteiger partial charge on any atom is -0.336 e. The Kier molecular flexibility index (Phi) is 5.45. The number of nitrogens with two attached hydrogens (primary N) is 1. The van der Waals surface area contributed by atoms with Crippen molar-refractivity contribution in [3.63, 3.8) is 0 Å². The Hall–Kier alpha value is -1.56. The van der Waals surface area contributed by atoms with E-state index in [2.05, 4.69) is 0 Å². The lowest BCUT2D eigenvalue weighted by Crippen LogP contribution is -2.38. The normalized spacial score (nSPS) is 19.3. The zero-order valence-electron chi connectivity index (χ0n) is 12.4. The number of halogens is 3. The number of hydrogen-bond donors (Lipinski definition) is 1. The van der Waals surface area contributed by atoms with Crippen LogP contribution in [0.3, 0.4) is 0 Å². The van der Waals surface area contributed by atoms with Crippen molar-refractivity contribution in [3.05, 3.63) is 35.4 Å². The lowest BCUT2D eigenvalue weighted by molar-refractivity contribution is -0.138. The van der Waals surface area contributed by atoms with Crippen LogP contribution in [-0.4, -0.2) is 23.9 Å². The van der Waals surface area contributed by atoms with Gasteiger partial charge in [0.1, 0.15) is 0 Å². The van der Waals surface area contributed by atoms with E-state index in [0.29, 0.717) is 25.9 Å². The van der Waals surface area contributed by atoms with Gasteiger partial charge in [0.2, 0.25) is 5.91 Å². The number of carbonyl (C=O) groups is 1. The molecule has 2 N–H and O–H groups in total. The van der Waals surface area contributed by atoms with Crippen molar-refractivity contribution in [3.8, 4) is 0 Å². The number of likely N-dealkylation sites (tertiary alicyclic amines) is 1. The Morgan fingerprint density at radius 3 is 2.50 bits per heavy atom. The summed E-state index contributed by atoms with van der Waals surface area (Å²) < 4.78 is 37.9. The van der Waals surface area contributed by atoms with Gasteiger partial charge in [-0.1, -0.05) is 12.1 Å². The molecule has 1 aromatic carbocycles. The first-order valence-corrected chi connectivity index (χ1v) is 7.60. The highest BCUT2D eigenvalue weighted by Gasteiger charge is 2.31. The molecule has 0 spiro atoms. The van der Waals surface area contributed by atoms with Crippen LogP contribution in [0.2, 0.25) is 0 Å². The van der Waals surface area contributed by atoms with Gasteiger partial charge in [-0.25, -0.2) is 0 Å². The molecule has 0 bridgehead atoms. The first kappa shape index (κ1) is 16.8. The molecule has 1 saturated heterocycles. The molecule has 3 nitrogen and oxygen atoms in total. The van der Waals surface area contributed by atoms with Crippen LogP contribution in [0.5, 0.6) is 0 Å². The van der Waals surface area contributed by atoms with Crippen molar-refractivity contribution in [2.45, 2.75) is 44.3 Å². The van der Waals surface area contributed by atoms with Crippen LogP contribution in [0.4, 0.5) is 13.2 Å². The van der Waals surface area contributed by atoms with Crippen LogP contribution in [0.1, 0.15) is 49.3 Å². The summed E-state index contributed by atoms with van der Waals surface area (Å²) in [5, 5.41) is 0. The molecule has 0 saturated carbocycles. The van der Waals surface area contributed by atoms with Crippen molar-refractivity contribution in [1.29, 1.82) is 0 Å². The maximum Gasteiger partial charge on any atom is 0.416 e. The van der Waals surface area contributed by atoms with E-state index >= 15 is 0 Å². The smallest absolute Gasteiger partial charge is 0.336 e. The Balaban J connectivity index is 2.15. The largest absolute Gasteiger partial charge is 0.416 e. The van der Waals surface area contributed by atoms with Gasteiger partial charge in [-0.15, -0.1) is 0 Å².